The van der Waals surface area contributed by atoms with E-state index in [9.17, 15) is 26.3 Å². The Balaban J connectivity index is 1.96. The molecule has 0 bridgehead atoms. The first-order valence-corrected chi connectivity index (χ1v) is 10.7. The molecule has 3 aromatic carbocycles. The first-order chi connectivity index (χ1) is 16.8. The van der Waals surface area contributed by atoms with Gasteiger partial charge in [-0.25, -0.2) is 4.39 Å². The second-order valence-corrected chi connectivity index (χ2v) is 8.18. The average molecular weight is 516 g/mol. The Bertz CT molecular complexity index is 1190. The molecule has 0 spiro atoms. The van der Waals surface area contributed by atoms with Crippen LogP contribution in [0.5, 0.6) is 11.5 Å². The van der Waals surface area contributed by atoms with Crippen LogP contribution in [-0.4, -0.2) is 38.0 Å². The van der Waals surface area contributed by atoms with Crippen LogP contribution in [0.3, 0.4) is 0 Å². The highest BCUT2D eigenvalue weighted by Gasteiger charge is 2.38. The first-order valence-electron chi connectivity index (χ1n) is 10.7. The van der Waals surface area contributed by atoms with Gasteiger partial charge in [0.25, 0.3) is 0 Å². The monoisotopic (exact) mass is 516 g/mol. The first kappa shape index (κ1) is 27.3. The van der Waals surface area contributed by atoms with E-state index in [0.717, 1.165) is 5.69 Å². The van der Waals surface area contributed by atoms with Crippen molar-refractivity contribution in [2.75, 3.05) is 25.5 Å². The second-order valence-electron chi connectivity index (χ2n) is 8.18. The minimum absolute atomic E-state index is 0.0787. The second kappa shape index (κ2) is 10.8. The number of benzene rings is 3. The third kappa shape index (κ3) is 6.67. The Labute approximate surface area is 202 Å². The molecule has 0 aromatic heterocycles. The quantitative estimate of drug-likeness (QED) is 0.341. The molecule has 0 aliphatic rings. The minimum atomic E-state index is -4.92. The van der Waals surface area contributed by atoms with Gasteiger partial charge in [0, 0.05) is 38.3 Å². The molecule has 3 rings (SSSR count). The smallest absolute Gasteiger partial charge is 0.416 e. The molecule has 0 saturated carbocycles. The highest BCUT2D eigenvalue weighted by atomic mass is 19.4. The van der Waals surface area contributed by atoms with Gasteiger partial charge in [0.15, 0.2) is 11.9 Å². The standard InChI is InChI=1S/C25H23F7N2O2/c1-34(2)20-8-3-4-9-21(20)36-18-7-5-6-15(11-18)19-12-17(24(27,28)29)10-16(23(19)26)13-33-14-22(35)25(30,31)32/h3-12,22,33,35H,13-14H2,1-2H3/t22-/m1/s1. The van der Waals surface area contributed by atoms with Crippen molar-refractivity contribution in [3.8, 4) is 22.6 Å². The lowest BCUT2D eigenvalue weighted by atomic mass is 9.98. The molecule has 0 unspecified atom stereocenters. The van der Waals surface area contributed by atoms with Gasteiger partial charge in [-0.3, -0.25) is 0 Å². The summed E-state index contributed by atoms with van der Waals surface area (Å²) < 4.78 is 99.2. The van der Waals surface area contributed by atoms with Crippen LogP contribution in [0, 0.1) is 5.82 Å². The Morgan fingerprint density at radius 2 is 1.64 bits per heavy atom. The molecule has 0 heterocycles. The highest BCUT2D eigenvalue weighted by Crippen LogP contribution is 2.37. The predicted octanol–water partition coefficient (Wildman–Crippen LogP) is 6.38. The molecule has 36 heavy (non-hydrogen) atoms. The molecule has 1 atom stereocenters. The van der Waals surface area contributed by atoms with Gasteiger partial charge in [-0.05, 0) is 42.0 Å². The molecular weight excluding hydrogens is 493 g/mol. The Morgan fingerprint density at radius 1 is 0.944 bits per heavy atom. The summed E-state index contributed by atoms with van der Waals surface area (Å²) in [6, 6.07) is 14.0. The van der Waals surface area contributed by atoms with E-state index in [0.29, 0.717) is 17.9 Å². The van der Waals surface area contributed by atoms with E-state index in [1.54, 1.807) is 49.3 Å². The van der Waals surface area contributed by atoms with Gasteiger partial charge in [-0.1, -0.05) is 24.3 Å². The van der Waals surface area contributed by atoms with Crippen LogP contribution in [0.4, 0.5) is 36.4 Å². The van der Waals surface area contributed by atoms with Crippen molar-refractivity contribution in [2.45, 2.75) is 25.0 Å². The summed E-state index contributed by atoms with van der Waals surface area (Å²) in [6.45, 7) is -1.68. The molecule has 0 fully saturated rings. The maximum Gasteiger partial charge on any atom is 0.416 e. The number of hydrogen-bond donors (Lipinski definition) is 2. The maximum absolute atomic E-state index is 15.3. The van der Waals surface area contributed by atoms with Gasteiger partial charge < -0.3 is 20.1 Å². The normalized spacial score (nSPS) is 12.9. The van der Waals surface area contributed by atoms with Gasteiger partial charge in [-0.15, -0.1) is 0 Å². The van der Waals surface area contributed by atoms with Crippen molar-refractivity contribution in [3.63, 3.8) is 0 Å². The number of anilines is 1. The van der Waals surface area contributed by atoms with E-state index in [-0.39, 0.29) is 11.3 Å². The number of ether oxygens (including phenoxy) is 1. The van der Waals surface area contributed by atoms with Gasteiger partial charge in [0.2, 0.25) is 0 Å². The molecule has 4 nitrogen and oxygen atoms in total. The van der Waals surface area contributed by atoms with Crippen LogP contribution in [0.2, 0.25) is 0 Å². The average Bonchev–Trinajstić information content (AvgIpc) is 2.79. The summed E-state index contributed by atoms with van der Waals surface area (Å²) in [5.74, 6) is -0.327. The van der Waals surface area contributed by atoms with Crippen molar-refractivity contribution in [1.29, 1.82) is 0 Å². The summed E-state index contributed by atoms with van der Waals surface area (Å²) in [5.41, 5.74) is -1.25. The van der Waals surface area contributed by atoms with Crippen LogP contribution in [0.1, 0.15) is 11.1 Å². The Morgan fingerprint density at radius 3 is 2.28 bits per heavy atom. The lowest BCUT2D eigenvalue weighted by Crippen LogP contribution is -2.38. The zero-order chi connectivity index (χ0) is 26.7. The van der Waals surface area contributed by atoms with Crippen LogP contribution < -0.4 is 15.0 Å². The molecular formula is C25H23F7N2O2. The maximum atomic E-state index is 15.3. The van der Waals surface area contributed by atoms with Crippen molar-refractivity contribution in [1.82, 2.24) is 5.32 Å². The fourth-order valence-corrected chi connectivity index (χ4v) is 3.41. The number of aliphatic hydroxyl groups is 1. The van der Waals surface area contributed by atoms with Gasteiger partial charge >= 0.3 is 12.4 Å². The van der Waals surface area contributed by atoms with Crippen LogP contribution in [0.25, 0.3) is 11.1 Å². The molecule has 194 valence electrons. The highest BCUT2D eigenvalue weighted by molar-refractivity contribution is 5.68. The van der Waals surface area contributed by atoms with Crippen LogP contribution in [0.15, 0.2) is 60.7 Å². The van der Waals surface area contributed by atoms with Gasteiger partial charge in [0.05, 0.1) is 11.3 Å². The molecule has 3 aromatic rings. The minimum Gasteiger partial charge on any atom is -0.455 e. The van der Waals surface area contributed by atoms with Crippen molar-refractivity contribution in [2.24, 2.45) is 0 Å². The lowest BCUT2D eigenvalue weighted by molar-refractivity contribution is -0.201. The van der Waals surface area contributed by atoms with Crippen molar-refractivity contribution < 1.29 is 40.6 Å². The van der Waals surface area contributed by atoms with E-state index in [4.69, 9.17) is 9.84 Å². The molecule has 0 amide bonds. The van der Waals surface area contributed by atoms with Gasteiger partial charge in [0.1, 0.15) is 11.6 Å². The van der Waals surface area contributed by atoms with E-state index in [2.05, 4.69) is 5.32 Å². The van der Waals surface area contributed by atoms with Crippen LogP contribution in [-0.2, 0) is 12.7 Å². The Hall–Kier alpha value is -3.31. The third-order valence-electron chi connectivity index (χ3n) is 5.23. The zero-order valence-electron chi connectivity index (χ0n) is 19.2. The van der Waals surface area contributed by atoms with Gasteiger partial charge in [-0.2, -0.15) is 26.3 Å². The number of alkyl halides is 6. The van der Waals surface area contributed by atoms with E-state index in [1.807, 2.05) is 0 Å². The largest absolute Gasteiger partial charge is 0.455 e. The Kier molecular flexibility index (Phi) is 8.15. The van der Waals surface area contributed by atoms with Crippen LogP contribution >= 0.6 is 0 Å². The third-order valence-corrected chi connectivity index (χ3v) is 5.23. The summed E-state index contributed by atoms with van der Waals surface area (Å²) in [6.07, 6.45) is -12.5. The zero-order valence-corrected chi connectivity index (χ0v) is 19.2. The molecule has 0 saturated heterocycles. The van der Waals surface area contributed by atoms with Crippen molar-refractivity contribution in [3.05, 3.63) is 77.6 Å². The number of hydrogen-bond acceptors (Lipinski definition) is 4. The number of rotatable bonds is 8. The molecule has 0 aliphatic carbocycles. The van der Waals surface area contributed by atoms with Crippen molar-refractivity contribution >= 4 is 5.69 Å². The fourth-order valence-electron chi connectivity index (χ4n) is 3.41. The number of aliphatic hydroxyl groups excluding tert-OH is 1. The molecule has 0 radical (unpaired) electrons. The molecule has 11 heteroatoms. The molecule has 0 aliphatic heterocycles. The predicted molar refractivity (Wildman–Crippen MR) is 121 cm³/mol. The number of halogens is 7. The van der Waals surface area contributed by atoms with E-state index < -0.39 is 54.1 Å². The SMILES string of the molecule is CN(C)c1ccccc1Oc1cccc(-c2cc(C(F)(F)F)cc(CNC[C@@H](O)C(F)(F)F)c2F)c1. The summed E-state index contributed by atoms with van der Waals surface area (Å²) in [4.78, 5) is 1.81. The summed E-state index contributed by atoms with van der Waals surface area (Å²) >= 11 is 0. The number of para-hydroxylation sites is 2. The fraction of sp³-hybridized carbons (Fsp3) is 0.280. The lowest BCUT2D eigenvalue weighted by Gasteiger charge is -2.18. The van der Waals surface area contributed by atoms with E-state index >= 15 is 4.39 Å². The number of nitrogens with zero attached hydrogens (tertiary/aromatic N) is 1. The topological polar surface area (TPSA) is 44.7 Å². The number of nitrogens with one attached hydrogen (secondary N) is 1. The van der Waals surface area contributed by atoms with E-state index in [1.165, 1.54) is 18.2 Å². The molecule has 2 N–H and O–H groups in total. The summed E-state index contributed by atoms with van der Waals surface area (Å²) in [5, 5.41) is 11.2. The summed E-state index contributed by atoms with van der Waals surface area (Å²) in [7, 11) is 3.61.